The third-order valence-electron chi connectivity index (χ3n) is 4.32. The SMILES string of the molecule is CC1CCCC(Nc2ccc(OCC(F)(F)F)cc2)C1C. The summed E-state index contributed by atoms with van der Waals surface area (Å²) in [6, 6.07) is 7.13. The van der Waals surface area contributed by atoms with Crippen LogP contribution in [0.2, 0.25) is 0 Å². The summed E-state index contributed by atoms with van der Waals surface area (Å²) in [5, 5.41) is 3.48. The number of halogens is 3. The van der Waals surface area contributed by atoms with Crippen LogP contribution in [0.5, 0.6) is 5.75 Å². The summed E-state index contributed by atoms with van der Waals surface area (Å²) in [7, 11) is 0. The summed E-state index contributed by atoms with van der Waals surface area (Å²) in [6.45, 7) is 3.27. The van der Waals surface area contributed by atoms with Crippen LogP contribution in [-0.4, -0.2) is 18.8 Å². The van der Waals surface area contributed by atoms with Gasteiger partial charge in [-0.2, -0.15) is 13.2 Å². The van der Waals surface area contributed by atoms with Crippen molar-refractivity contribution in [2.45, 2.75) is 45.3 Å². The summed E-state index contributed by atoms with van der Waals surface area (Å²) in [6.07, 6.45) is -0.679. The van der Waals surface area contributed by atoms with Crippen LogP contribution in [-0.2, 0) is 0 Å². The smallest absolute Gasteiger partial charge is 0.422 e. The lowest BCUT2D eigenvalue weighted by Gasteiger charge is -2.35. The molecule has 2 rings (SSSR count). The maximum atomic E-state index is 12.1. The molecule has 21 heavy (non-hydrogen) atoms. The molecular weight excluding hydrogens is 279 g/mol. The van der Waals surface area contributed by atoms with Crippen LogP contribution in [0.15, 0.2) is 24.3 Å². The van der Waals surface area contributed by atoms with E-state index >= 15 is 0 Å². The Kier molecular flexibility index (Phi) is 5.01. The van der Waals surface area contributed by atoms with Gasteiger partial charge in [0.05, 0.1) is 0 Å². The predicted octanol–water partition coefficient (Wildman–Crippen LogP) is 4.86. The zero-order valence-electron chi connectivity index (χ0n) is 12.4. The number of rotatable bonds is 4. The van der Waals surface area contributed by atoms with Gasteiger partial charge in [0.2, 0.25) is 0 Å². The first-order chi connectivity index (χ1) is 9.85. The lowest BCUT2D eigenvalue weighted by Crippen LogP contribution is -2.34. The summed E-state index contributed by atoms with van der Waals surface area (Å²) in [5.74, 6) is 1.54. The first-order valence-corrected chi connectivity index (χ1v) is 7.41. The lowest BCUT2D eigenvalue weighted by molar-refractivity contribution is -0.153. The fourth-order valence-electron chi connectivity index (χ4n) is 2.81. The Morgan fingerprint density at radius 1 is 1.14 bits per heavy atom. The van der Waals surface area contributed by atoms with Crippen molar-refractivity contribution in [2.75, 3.05) is 11.9 Å². The van der Waals surface area contributed by atoms with Crippen LogP contribution < -0.4 is 10.1 Å². The number of ether oxygens (including phenoxy) is 1. The van der Waals surface area contributed by atoms with Crippen LogP contribution in [0.3, 0.4) is 0 Å². The van der Waals surface area contributed by atoms with Crippen molar-refractivity contribution in [3.05, 3.63) is 24.3 Å². The van der Waals surface area contributed by atoms with E-state index in [2.05, 4.69) is 19.2 Å². The Morgan fingerprint density at radius 2 is 1.81 bits per heavy atom. The maximum absolute atomic E-state index is 12.1. The molecule has 0 amide bonds. The second kappa shape index (κ2) is 6.58. The van der Waals surface area contributed by atoms with Crippen molar-refractivity contribution in [2.24, 2.45) is 11.8 Å². The highest BCUT2D eigenvalue weighted by Crippen LogP contribution is 2.32. The minimum atomic E-state index is -4.30. The zero-order valence-corrected chi connectivity index (χ0v) is 12.4. The molecule has 0 aliphatic heterocycles. The van der Waals surface area contributed by atoms with Gasteiger partial charge in [0.25, 0.3) is 0 Å². The molecule has 1 N–H and O–H groups in total. The molecule has 0 radical (unpaired) electrons. The van der Waals surface area contributed by atoms with Crippen LogP contribution in [0.25, 0.3) is 0 Å². The van der Waals surface area contributed by atoms with Crippen molar-refractivity contribution in [1.82, 2.24) is 0 Å². The number of hydrogen-bond donors (Lipinski definition) is 1. The quantitative estimate of drug-likeness (QED) is 0.857. The minimum absolute atomic E-state index is 0.239. The Bertz CT molecular complexity index is 444. The average Bonchev–Trinajstić information content (AvgIpc) is 2.42. The van der Waals surface area contributed by atoms with Crippen LogP contribution in [0.4, 0.5) is 18.9 Å². The maximum Gasteiger partial charge on any atom is 0.422 e. The van der Waals surface area contributed by atoms with Gasteiger partial charge in [-0.15, -0.1) is 0 Å². The fraction of sp³-hybridized carbons (Fsp3) is 0.625. The van der Waals surface area contributed by atoms with Crippen molar-refractivity contribution >= 4 is 5.69 Å². The van der Waals surface area contributed by atoms with E-state index in [0.29, 0.717) is 17.9 Å². The number of anilines is 1. The Morgan fingerprint density at radius 3 is 2.43 bits per heavy atom. The van der Waals surface area contributed by atoms with Gasteiger partial charge in [-0.3, -0.25) is 0 Å². The van der Waals surface area contributed by atoms with E-state index < -0.39 is 12.8 Å². The number of benzene rings is 1. The monoisotopic (exact) mass is 301 g/mol. The Hall–Kier alpha value is -1.39. The summed E-state index contributed by atoms with van der Waals surface area (Å²) in [4.78, 5) is 0. The molecule has 5 heteroatoms. The van der Waals surface area contributed by atoms with Crippen LogP contribution >= 0.6 is 0 Å². The molecule has 3 atom stereocenters. The second-order valence-electron chi connectivity index (χ2n) is 5.95. The van der Waals surface area contributed by atoms with E-state index in [1.807, 2.05) is 0 Å². The molecule has 0 aromatic heterocycles. The fourth-order valence-corrected chi connectivity index (χ4v) is 2.81. The van der Waals surface area contributed by atoms with E-state index in [-0.39, 0.29) is 5.75 Å². The van der Waals surface area contributed by atoms with Gasteiger partial charge in [0.1, 0.15) is 5.75 Å². The van der Waals surface area contributed by atoms with Crippen LogP contribution in [0, 0.1) is 11.8 Å². The van der Waals surface area contributed by atoms with E-state index in [9.17, 15) is 13.2 Å². The molecule has 1 fully saturated rings. The zero-order chi connectivity index (χ0) is 15.5. The van der Waals surface area contributed by atoms with Crippen molar-refractivity contribution < 1.29 is 17.9 Å². The molecule has 0 bridgehead atoms. The molecule has 2 nitrogen and oxygen atoms in total. The van der Waals surface area contributed by atoms with Crippen LogP contribution in [0.1, 0.15) is 33.1 Å². The minimum Gasteiger partial charge on any atom is -0.484 e. The van der Waals surface area contributed by atoms with E-state index in [1.165, 1.54) is 12.8 Å². The third kappa shape index (κ3) is 4.83. The summed E-state index contributed by atoms with van der Waals surface area (Å²) in [5.41, 5.74) is 0.931. The van der Waals surface area contributed by atoms with E-state index in [0.717, 1.165) is 12.1 Å². The van der Waals surface area contributed by atoms with Gasteiger partial charge in [-0.1, -0.05) is 26.7 Å². The summed E-state index contributed by atoms with van der Waals surface area (Å²) >= 11 is 0. The molecule has 0 spiro atoms. The summed E-state index contributed by atoms with van der Waals surface area (Å²) < 4.78 is 40.9. The second-order valence-corrected chi connectivity index (χ2v) is 5.95. The van der Waals surface area contributed by atoms with Gasteiger partial charge in [0.15, 0.2) is 6.61 Å². The van der Waals surface area contributed by atoms with Crippen molar-refractivity contribution in [3.8, 4) is 5.75 Å². The molecule has 118 valence electrons. The largest absolute Gasteiger partial charge is 0.484 e. The Balaban J connectivity index is 1.90. The number of hydrogen-bond acceptors (Lipinski definition) is 2. The molecule has 0 saturated heterocycles. The normalized spacial score (nSPS) is 26.4. The number of alkyl halides is 3. The molecule has 1 aromatic carbocycles. The molecule has 3 unspecified atom stereocenters. The number of nitrogens with one attached hydrogen (secondary N) is 1. The van der Waals surface area contributed by atoms with E-state index in [4.69, 9.17) is 4.74 Å². The highest BCUT2D eigenvalue weighted by Gasteiger charge is 2.28. The topological polar surface area (TPSA) is 21.3 Å². The van der Waals surface area contributed by atoms with Crippen molar-refractivity contribution in [1.29, 1.82) is 0 Å². The Labute approximate surface area is 123 Å². The van der Waals surface area contributed by atoms with Crippen molar-refractivity contribution in [3.63, 3.8) is 0 Å². The lowest BCUT2D eigenvalue weighted by atomic mass is 9.78. The molecule has 1 aliphatic rings. The van der Waals surface area contributed by atoms with Gasteiger partial charge < -0.3 is 10.1 Å². The molecule has 1 saturated carbocycles. The van der Waals surface area contributed by atoms with Gasteiger partial charge in [0, 0.05) is 11.7 Å². The molecule has 0 heterocycles. The standard InChI is InChI=1S/C16H22F3NO/c1-11-4-3-5-15(12(11)2)20-13-6-8-14(9-7-13)21-10-16(17,18)19/h6-9,11-12,15,20H,3-5,10H2,1-2H3. The third-order valence-corrected chi connectivity index (χ3v) is 4.32. The van der Waals surface area contributed by atoms with Gasteiger partial charge in [-0.05, 0) is 42.5 Å². The molecule has 1 aliphatic carbocycles. The highest BCUT2D eigenvalue weighted by molar-refractivity contribution is 5.47. The highest BCUT2D eigenvalue weighted by atomic mass is 19.4. The first kappa shape index (κ1) is 16.0. The van der Waals surface area contributed by atoms with Gasteiger partial charge in [-0.25, -0.2) is 0 Å². The molecular formula is C16H22F3NO. The predicted molar refractivity (Wildman–Crippen MR) is 77.6 cm³/mol. The average molecular weight is 301 g/mol. The first-order valence-electron chi connectivity index (χ1n) is 7.41. The molecule has 1 aromatic rings. The van der Waals surface area contributed by atoms with E-state index in [1.54, 1.807) is 24.3 Å². The van der Waals surface area contributed by atoms with Gasteiger partial charge >= 0.3 is 6.18 Å².